The summed E-state index contributed by atoms with van der Waals surface area (Å²) in [5.74, 6) is 0. The maximum absolute atomic E-state index is 11.5. The van der Waals surface area contributed by atoms with Gasteiger partial charge in [-0.1, -0.05) is 0 Å². The third-order valence-electron chi connectivity index (χ3n) is 1.68. The second-order valence-corrected chi connectivity index (χ2v) is 5.31. The van der Waals surface area contributed by atoms with E-state index in [2.05, 4.69) is 15.0 Å². The van der Waals surface area contributed by atoms with Crippen LogP contribution in [0.25, 0.3) is 0 Å². The highest BCUT2D eigenvalue weighted by molar-refractivity contribution is 7.13. The van der Waals surface area contributed by atoms with Crippen LogP contribution in [0.15, 0.2) is 5.38 Å². The van der Waals surface area contributed by atoms with Gasteiger partial charge in [0.15, 0.2) is 5.13 Å². The highest BCUT2D eigenvalue weighted by Gasteiger charge is 2.17. The number of nitrogens with one attached hydrogen (secondary N) is 1. The molecule has 1 N–H and O–H groups in total. The van der Waals surface area contributed by atoms with Crippen molar-refractivity contribution >= 4 is 29.0 Å². The summed E-state index contributed by atoms with van der Waals surface area (Å²) in [6.07, 6.45) is -0.0530. The topological polar surface area (TPSA) is 77.5 Å². The Hall–Kier alpha value is -1.63. The molecule has 7 heteroatoms. The number of amides is 1. The van der Waals surface area contributed by atoms with Gasteiger partial charge >= 0.3 is 12.6 Å². The first-order valence-electron chi connectivity index (χ1n) is 5.34. The van der Waals surface area contributed by atoms with E-state index in [1.54, 1.807) is 26.2 Å². The molecular formula is C11H15N2O4S. The number of thiazole rings is 1. The zero-order valence-corrected chi connectivity index (χ0v) is 11.3. The number of hydrogen-bond acceptors (Lipinski definition) is 6. The highest BCUT2D eigenvalue weighted by atomic mass is 32.1. The van der Waals surface area contributed by atoms with Crippen molar-refractivity contribution in [1.29, 1.82) is 0 Å². The lowest BCUT2D eigenvalue weighted by Crippen LogP contribution is -2.27. The minimum absolute atomic E-state index is 0.221. The van der Waals surface area contributed by atoms with Crippen LogP contribution in [-0.2, 0) is 20.7 Å². The highest BCUT2D eigenvalue weighted by Crippen LogP contribution is 2.17. The Morgan fingerprint density at radius 2 is 2.28 bits per heavy atom. The van der Waals surface area contributed by atoms with Crippen molar-refractivity contribution in [1.82, 2.24) is 4.98 Å². The quantitative estimate of drug-likeness (QED) is 0.830. The Balaban J connectivity index is 2.43. The average Bonchev–Trinajstić information content (AvgIpc) is 2.63. The summed E-state index contributed by atoms with van der Waals surface area (Å²) in [6.45, 7) is 6.91. The predicted molar refractivity (Wildman–Crippen MR) is 67.3 cm³/mol. The van der Waals surface area contributed by atoms with Crippen LogP contribution in [0.5, 0.6) is 0 Å². The van der Waals surface area contributed by atoms with E-state index in [-0.39, 0.29) is 6.61 Å². The summed E-state index contributed by atoms with van der Waals surface area (Å²) in [4.78, 5) is 25.4. The van der Waals surface area contributed by atoms with Crippen LogP contribution < -0.4 is 5.32 Å². The van der Waals surface area contributed by atoms with E-state index in [0.29, 0.717) is 11.6 Å². The Morgan fingerprint density at radius 3 is 2.89 bits per heavy atom. The molecule has 6 nitrogen and oxygen atoms in total. The fourth-order valence-electron chi connectivity index (χ4n) is 1.07. The molecule has 0 aliphatic heterocycles. The van der Waals surface area contributed by atoms with E-state index >= 15 is 0 Å². The molecule has 0 saturated heterocycles. The second kappa shape index (κ2) is 6.34. The van der Waals surface area contributed by atoms with Gasteiger partial charge in [0.2, 0.25) is 0 Å². The van der Waals surface area contributed by atoms with Gasteiger partial charge in [0.25, 0.3) is 0 Å². The fraction of sp³-hybridized carbons (Fsp3) is 0.545. The molecule has 1 radical (unpaired) electrons. The Kier molecular flexibility index (Phi) is 5.08. The molecule has 1 rings (SSSR count). The number of nitrogens with zero attached hydrogens (tertiary/aromatic N) is 1. The van der Waals surface area contributed by atoms with Gasteiger partial charge in [-0.05, 0) is 20.8 Å². The lowest BCUT2D eigenvalue weighted by Gasteiger charge is -2.18. The summed E-state index contributed by atoms with van der Waals surface area (Å²) < 4.78 is 9.53. The van der Waals surface area contributed by atoms with E-state index in [0.717, 1.165) is 5.69 Å². The predicted octanol–water partition coefficient (Wildman–Crippen LogP) is 2.12. The molecule has 1 heterocycles. The zero-order chi connectivity index (χ0) is 13.6. The van der Waals surface area contributed by atoms with Crippen LogP contribution >= 0.6 is 11.3 Å². The molecule has 99 valence electrons. The summed E-state index contributed by atoms with van der Waals surface area (Å²) >= 11 is 1.28. The van der Waals surface area contributed by atoms with Crippen LogP contribution in [0.4, 0.5) is 9.93 Å². The number of carbonyl (C=O) groups is 1. The molecule has 0 aliphatic carbocycles. The van der Waals surface area contributed by atoms with Gasteiger partial charge in [-0.15, -0.1) is 11.3 Å². The van der Waals surface area contributed by atoms with Crippen molar-refractivity contribution in [2.45, 2.75) is 32.8 Å². The van der Waals surface area contributed by atoms with Gasteiger partial charge in [-0.25, -0.2) is 14.6 Å². The molecule has 0 aromatic carbocycles. The van der Waals surface area contributed by atoms with E-state index in [1.807, 2.05) is 0 Å². The van der Waals surface area contributed by atoms with E-state index in [1.165, 1.54) is 17.8 Å². The maximum atomic E-state index is 11.5. The lowest BCUT2D eigenvalue weighted by atomic mass is 10.2. The first-order valence-corrected chi connectivity index (χ1v) is 6.22. The standard InChI is InChI=1S/C11H15N2O4S/c1-11(2,3)17-10(15)13-9-12-8(6-18-9)4-5-16-7-14/h6H,4-5H2,1-3H3,(H,12,13,15). The van der Waals surface area contributed by atoms with Crippen molar-refractivity contribution in [2.75, 3.05) is 11.9 Å². The monoisotopic (exact) mass is 271 g/mol. The largest absolute Gasteiger partial charge is 0.457 e. The number of rotatable bonds is 5. The molecule has 0 spiro atoms. The van der Waals surface area contributed by atoms with Gasteiger partial charge in [0.1, 0.15) is 5.60 Å². The number of ether oxygens (including phenoxy) is 2. The molecule has 0 saturated carbocycles. The number of aromatic nitrogens is 1. The number of hydrogen-bond donors (Lipinski definition) is 1. The number of anilines is 1. The minimum Gasteiger partial charge on any atom is -0.457 e. The Labute approximate surface area is 109 Å². The summed E-state index contributed by atoms with van der Waals surface area (Å²) in [6, 6.07) is 0. The minimum atomic E-state index is -0.544. The first-order chi connectivity index (χ1) is 8.40. The van der Waals surface area contributed by atoms with Crippen LogP contribution in [0.2, 0.25) is 0 Å². The van der Waals surface area contributed by atoms with Crippen molar-refractivity contribution in [3.8, 4) is 0 Å². The second-order valence-electron chi connectivity index (χ2n) is 4.45. The zero-order valence-electron chi connectivity index (χ0n) is 10.5. The van der Waals surface area contributed by atoms with E-state index in [4.69, 9.17) is 4.74 Å². The molecule has 0 bridgehead atoms. The van der Waals surface area contributed by atoms with Crippen molar-refractivity contribution in [3.05, 3.63) is 11.1 Å². The summed E-state index contributed by atoms with van der Waals surface area (Å²) in [5, 5.41) is 4.77. The molecule has 18 heavy (non-hydrogen) atoms. The fourth-order valence-corrected chi connectivity index (χ4v) is 1.80. The van der Waals surface area contributed by atoms with Gasteiger partial charge < -0.3 is 9.47 Å². The lowest BCUT2D eigenvalue weighted by molar-refractivity contribution is 0.0636. The van der Waals surface area contributed by atoms with Crippen molar-refractivity contribution in [2.24, 2.45) is 0 Å². The van der Waals surface area contributed by atoms with Gasteiger partial charge in [-0.2, -0.15) is 0 Å². The Bertz CT molecular complexity index is 411. The smallest absolute Gasteiger partial charge is 0.417 e. The van der Waals surface area contributed by atoms with Gasteiger partial charge in [0, 0.05) is 11.8 Å². The third-order valence-corrected chi connectivity index (χ3v) is 2.49. The molecule has 1 aromatic rings. The van der Waals surface area contributed by atoms with E-state index < -0.39 is 11.7 Å². The molecule has 1 aromatic heterocycles. The van der Waals surface area contributed by atoms with Crippen LogP contribution in [0, 0.1) is 0 Å². The third kappa shape index (κ3) is 5.62. The molecular weight excluding hydrogens is 256 g/mol. The SMILES string of the molecule is CC(C)(C)OC(=O)Nc1nc(CCO[C]=O)cs1. The van der Waals surface area contributed by atoms with Crippen LogP contribution in [-0.4, -0.2) is 29.8 Å². The van der Waals surface area contributed by atoms with Gasteiger partial charge in [-0.3, -0.25) is 5.32 Å². The molecule has 0 aliphatic rings. The summed E-state index contributed by atoms with van der Waals surface area (Å²) in [7, 11) is 0. The van der Waals surface area contributed by atoms with Crippen LogP contribution in [0.1, 0.15) is 26.5 Å². The molecule has 0 unspecified atom stereocenters. The molecule has 1 amide bonds. The van der Waals surface area contributed by atoms with Gasteiger partial charge in [0.05, 0.1) is 12.3 Å². The number of carbonyl (C=O) groups excluding carboxylic acids is 2. The van der Waals surface area contributed by atoms with E-state index in [9.17, 15) is 9.59 Å². The molecule has 0 fully saturated rings. The normalized spacial score (nSPS) is 10.8. The maximum Gasteiger partial charge on any atom is 0.417 e. The first kappa shape index (κ1) is 14.4. The average molecular weight is 271 g/mol. The van der Waals surface area contributed by atoms with Crippen molar-refractivity contribution in [3.63, 3.8) is 0 Å². The van der Waals surface area contributed by atoms with Crippen molar-refractivity contribution < 1.29 is 19.1 Å². The molecule has 0 atom stereocenters. The summed E-state index contributed by atoms with van der Waals surface area (Å²) in [5.41, 5.74) is 0.193. The Morgan fingerprint density at radius 1 is 1.56 bits per heavy atom. The van der Waals surface area contributed by atoms with Crippen LogP contribution in [0.3, 0.4) is 0 Å².